The van der Waals surface area contributed by atoms with Crippen LogP contribution < -0.4 is 4.90 Å². The van der Waals surface area contributed by atoms with E-state index in [1.54, 1.807) is 23.1 Å². The second kappa shape index (κ2) is 6.67. The molecule has 1 N–H and O–H groups in total. The van der Waals surface area contributed by atoms with E-state index in [0.717, 1.165) is 12.1 Å². The Morgan fingerprint density at radius 2 is 1.78 bits per heavy atom. The van der Waals surface area contributed by atoms with Crippen molar-refractivity contribution in [3.63, 3.8) is 0 Å². The van der Waals surface area contributed by atoms with Gasteiger partial charge in [-0.3, -0.25) is 14.5 Å². The van der Waals surface area contributed by atoms with Gasteiger partial charge in [0.05, 0.1) is 22.0 Å². The number of carboxylic acid groups (broad SMARTS) is 1. The number of carboxylic acids is 1. The van der Waals surface area contributed by atoms with Crippen molar-refractivity contribution < 1.29 is 14.7 Å². The Kier molecular flexibility index (Phi) is 4.80. The zero-order valence-corrected chi connectivity index (χ0v) is 14.1. The number of amides is 1. The zero-order chi connectivity index (χ0) is 16.6. The summed E-state index contributed by atoms with van der Waals surface area (Å²) in [5, 5.41) is 9.96. The van der Waals surface area contributed by atoms with Crippen LogP contribution in [-0.4, -0.2) is 47.6 Å². The quantitative estimate of drug-likeness (QED) is 0.904. The Labute approximate surface area is 144 Å². The number of hydrogen-bond donors (Lipinski definition) is 1. The number of piperidine rings is 1. The van der Waals surface area contributed by atoms with E-state index in [9.17, 15) is 9.59 Å². The van der Waals surface area contributed by atoms with Gasteiger partial charge in [-0.05, 0) is 50.6 Å². The summed E-state index contributed by atoms with van der Waals surface area (Å²) in [4.78, 5) is 27.6. The Morgan fingerprint density at radius 3 is 2.39 bits per heavy atom. The fourth-order valence-corrected chi connectivity index (χ4v) is 3.66. The highest BCUT2D eigenvalue weighted by molar-refractivity contribution is 6.42. The molecule has 7 heteroatoms. The SMILES string of the molecule is O=C(O)C1CCN(C2CCN(c3ccc(Cl)c(Cl)c3)C2=O)CC1. The van der Waals surface area contributed by atoms with E-state index < -0.39 is 5.97 Å². The Balaban J connectivity index is 1.67. The largest absolute Gasteiger partial charge is 0.481 e. The maximum absolute atomic E-state index is 12.7. The van der Waals surface area contributed by atoms with Gasteiger partial charge in [0.15, 0.2) is 0 Å². The molecule has 2 aliphatic rings. The van der Waals surface area contributed by atoms with Crippen LogP contribution in [0.1, 0.15) is 19.3 Å². The van der Waals surface area contributed by atoms with E-state index in [-0.39, 0.29) is 17.9 Å². The molecule has 0 saturated carbocycles. The summed E-state index contributed by atoms with van der Waals surface area (Å²) in [6, 6.07) is 5.03. The van der Waals surface area contributed by atoms with E-state index >= 15 is 0 Å². The molecule has 1 aromatic carbocycles. The molecule has 1 amide bonds. The highest BCUT2D eigenvalue weighted by Crippen LogP contribution is 2.31. The van der Waals surface area contributed by atoms with E-state index in [1.807, 2.05) is 0 Å². The topological polar surface area (TPSA) is 60.9 Å². The van der Waals surface area contributed by atoms with Gasteiger partial charge in [0.25, 0.3) is 0 Å². The van der Waals surface area contributed by atoms with Crippen LogP contribution in [0, 0.1) is 5.92 Å². The standard InChI is InChI=1S/C16H18Cl2N2O3/c17-12-2-1-11(9-13(12)18)20-8-5-14(15(20)21)19-6-3-10(4-7-19)16(22)23/h1-2,9-10,14H,3-8H2,(H,22,23). The van der Waals surface area contributed by atoms with Gasteiger partial charge in [0, 0.05) is 12.2 Å². The van der Waals surface area contributed by atoms with Crippen LogP contribution in [0.4, 0.5) is 5.69 Å². The second-order valence-corrected chi connectivity index (χ2v) is 6.86. The van der Waals surface area contributed by atoms with Crippen LogP contribution in [0.15, 0.2) is 18.2 Å². The molecule has 2 aliphatic heterocycles. The van der Waals surface area contributed by atoms with E-state index in [4.69, 9.17) is 28.3 Å². The first kappa shape index (κ1) is 16.6. The van der Waals surface area contributed by atoms with Gasteiger partial charge in [-0.2, -0.15) is 0 Å². The van der Waals surface area contributed by atoms with Crippen molar-refractivity contribution in [3.8, 4) is 0 Å². The molecule has 0 spiro atoms. The summed E-state index contributed by atoms with van der Waals surface area (Å²) in [5.74, 6) is -0.967. The normalized spacial score (nSPS) is 23.5. The molecule has 0 radical (unpaired) electrons. The molecule has 2 heterocycles. The molecule has 23 heavy (non-hydrogen) atoms. The fraction of sp³-hybridized carbons (Fsp3) is 0.500. The van der Waals surface area contributed by atoms with Crippen LogP contribution in [0.25, 0.3) is 0 Å². The lowest BCUT2D eigenvalue weighted by molar-refractivity contribution is -0.143. The number of nitrogens with zero attached hydrogens (tertiary/aromatic N) is 2. The minimum absolute atomic E-state index is 0.0529. The molecule has 3 rings (SSSR count). The smallest absolute Gasteiger partial charge is 0.306 e. The first-order valence-corrected chi connectivity index (χ1v) is 8.46. The molecule has 1 unspecified atom stereocenters. The summed E-state index contributed by atoms with van der Waals surface area (Å²) in [6.45, 7) is 1.95. The summed E-state index contributed by atoms with van der Waals surface area (Å²) >= 11 is 12.0. The van der Waals surface area contributed by atoms with E-state index in [1.165, 1.54) is 0 Å². The van der Waals surface area contributed by atoms with Crippen molar-refractivity contribution in [2.75, 3.05) is 24.5 Å². The monoisotopic (exact) mass is 356 g/mol. The van der Waals surface area contributed by atoms with Crippen molar-refractivity contribution in [2.24, 2.45) is 5.92 Å². The Morgan fingerprint density at radius 1 is 1.09 bits per heavy atom. The summed E-state index contributed by atoms with van der Waals surface area (Å²) < 4.78 is 0. The zero-order valence-electron chi connectivity index (χ0n) is 12.5. The molecule has 1 aromatic rings. The third-order valence-corrected chi connectivity index (χ3v) is 5.45. The summed E-state index contributed by atoms with van der Waals surface area (Å²) in [7, 11) is 0. The molecule has 0 aliphatic carbocycles. The third-order valence-electron chi connectivity index (χ3n) is 4.71. The van der Waals surface area contributed by atoms with Gasteiger partial charge in [-0.25, -0.2) is 0 Å². The number of likely N-dealkylation sites (tertiary alicyclic amines) is 1. The van der Waals surface area contributed by atoms with Crippen LogP contribution in [0.5, 0.6) is 0 Å². The maximum atomic E-state index is 12.7. The lowest BCUT2D eigenvalue weighted by Crippen LogP contribution is -2.46. The minimum atomic E-state index is -0.736. The van der Waals surface area contributed by atoms with Gasteiger partial charge < -0.3 is 10.0 Å². The van der Waals surface area contributed by atoms with Crippen molar-refractivity contribution in [1.82, 2.24) is 4.90 Å². The van der Waals surface area contributed by atoms with Crippen LogP contribution in [0.3, 0.4) is 0 Å². The highest BCUT2D eigenvalue weighted by Gasteiger charge is 2.38. The predicted octanol–water partition coefficient (Wildman–Crippen LogP) is 2.90. The van der Waals surface area contributed by atoms with Crippen LogP contribution in [0.2, 0.25) is 10.0 Å². The van der Waals surface area contributed by atoms with Crippen molar-refractivity contribution in [1.29, 1.82) is 0 Å². The van der Waals surface area contributed by atoms with Crippen molar-refractivity contribution >= 4 is 40.8 Å². The minimum Gasteiger partial charge on any atom is -0.481 e. The summed E-state index contributed by atoms with van der Waals surface area (Å²) in [6.07, 6.45) is 1.95. The maximum Gasteiger partial charge on any atom is 0.306 e. The molecule has 1 atom stereocenters. The molecule has 2 saturated heterocycles. The van der Waals surface area contributed by atoms with Gasteiger partial charge >= 0.3 is 5.97 Å². The van der Waals surface area contributed by atoms with Gasteiger partial charge in [0.1, 0.15) is 0 Å². The molecular weight excluding hydrogens is 339 g/mol. The van der Waals surface area contributed by atoms with Crippen LogP contribution in [-0.2, 0) is 9.59 Å². The van der Waals surface area contributed by atoms with Crippen molar-refractivity contribution in [3.05, 3.63) is 28.2 Å². The Hall–Kier alpha value is -1.30. The van der Waals surface area contributed by atoms with E-state index in [0.29, 0.717) is 42.5 Å². The molecular formula is C16H18Cl2N2O3. The summed E-state index contributed by atoms with van der Waals surface area (Å²) in [5.41, 5.74) is 0.757. The number of anilines is 1. The number of rotatable bonds is 3. The molecule has 5 nitrogen and oxygen atoms in total. The molecule has 2 fully saturated rings. The van der Waals surface area contributed by atoms with Gasteiger partial charge in [-0.1, -0.05) is 23.2 Å². The predicted molar refractivity (Wildman–Crippen MR) is 89.2 cm³/mol. The lowest BCUT2D eigenvalue weighted by atomic mass is 9.96. The fourth-order valence-electron chi connectivity index (χ4n) is 3.37. The average molecular weight is 357 g/mol. The highest BCUT2D eigenvalue weighted by atomic mass is 35.5. The van der Waals surface area contributed by atoms with Crippen molar-refractivity contribution in [2.45, 2.75) is 25.3 Å². The van der Waals surface area contributed by atoms with Gasteiger partial charge in [-0.15, -0.1) is 0 Å². The number of carbonyl (C=O) groups is 2. The molecule has 0 bridgehead atoms. The van der Waals surface area contributed by atoms with Crippen LogP contribution >= 0.6 is 23.2 Å². The molecule has 124 valence electrons. The van der Waals surface area contributed by atoms with E-state index in [2.05, 4.69) is 4.90 Å². The average Bonchev–Trinajstić information content (AvgIpc) is 2.92. The first-order valence-electron chi connectivity index (χ1n) is 7.70. The number of carbonyl (C=O) groups excluding carboxylic acids is 1. The second-order valence-electron chi connectivity index (χ2n) is 6.04. The number of aliphatic carboxylic acids is 1. The Bertz CT molecular complexity index is 630. The molecule has 0 aromatic heterocycles. The number of hydrogen-bond acceptors (Lipinski definition) is 3. The number of benzene rings is 1. The number of halogens is 2. The third kappa shape index (κ3) is 3.32. The lowest BCUT2D eigenvalue weighted by Gasteiger charge is -2.33. The first-order chi connectivity index (χ1) is 11.0. The van der Waals surface area contributed by atoms with Gasteiger partial charge in [0.2, 0.25) is 5.91 Å².